The van der Waals surface area contributed by atoms with Gasteiger partial charge in [-0.05, 0) is 61.0 Å². The lowest BCUT2D eigenvalue weighted by Crippen LogP contribution is -2.39. The minimum atomic E-state index is -4.26. The number of fused-ring (bicyclic) bond motifs is 5. The van der Waals surface area contributed by atoms with Crippen molar-refractivity contribution in [2.24, 2.45) is 23.7 Å². The Balaban J connectivity index is 1.44. The molecule has 0 unspecified atom stereocenters. The highest BCUT2D eigenvalue weighted by Crippen LogP contribution is 2.58. The van der Waals surface area contributed by atoms with Gasteiger partial charge in [0.05, 0.1) is 5.56 Å². The summed E-state index contributed by atoms with van der Waals surface area (Å²) in [6.45, 7) is 0.334. The molecular weight excluding hydrogens is 287 g/mol. The molecule has 1 aromatic rings. The number of rotatable bonds is 3. The average Bonchev–Trinajstić information content (AvgIpc) is 3.16. The van der Waals surface area contributed by atoms with Crippen molar-refractivity contribution in [3.05, 3.63) is 35.4 Å². The number of hydrogen-bond acceptors (Lipinski definition) is 1. The molecule has 0 aromatic heterocycles. The van der Waals surface area contributed by atoms with Gasteiger partial charge in [0, 0.05) is 12.6 Å². The van der Waals surface area contributed by atoms with Crippen LogP contribution in [0.25, 0.3) is 0 Å². The van der Waals surface area contributed by atoms with Crippen LogP contribution in [0.4, 0.5) is 13.2 Å². The molecule has 0 saturated heterocycles. The molecule has 0 amide bonds. The highest BCUT2D eigenvalue weighted by atomic mass is 19.4. The van der Waals surface area contributed by atoms with E-state index in [1.807, 2.05) is 0 Å². The van der Waals surface area contributed by atoms with E-state index in [0.29, 0.717) is 24.1 Å². The van der Waals surface area contributed by atoms with Crippen molar-refractivity contribution in [2.45, 2.75) is 50.9 Å². The molecule has 5 atom stereocenters. The molecule has 22 heavy (non-hydrogen) atoms. The lowest BCUT2D eigenvalue weighted by molar-refractivity contribution is -0.138. The van der Waals surface area contributed by atoms with E-state index in [1.54, 1.807) is 12.1 Å². The van der Waals surface area contributed by atoms with Gasteiger partial charge >= 0.3 is 6.18 Å². The zero-order valence-electron chi connectivity index (χ0n) is 12.6. The van der Waals surface area contributed by atoms with E-state index in [9.17, 15) is 13.2 Å². The first-order valence-corrected chi connectivity index (χ1v) is 8.42. The first-order chi connectivity index (χ1) is 10.5. The van der Waals surface area contributed by atoms with Gasteiger partial charge in [0.1, 0.15) is 0 Å². The van der Waals surface area contributed by atoms with Gasteiger partial charge in [-0.2, -0.15) is 13.2 Å². The molecule has 1 aromatic carbocycles. The predicted molar refractivity (Wildman–Crippen MR) is 79.1 cm³/mol. The number of halogens is 3. The second kappa shape index (κ2) is 5.26. The summed E-state index contributed by atoms with van der Waals surface area (Å²) in [6, 6.07) is 6.37. The first kappa shape index (κ1) is 14.6. The van der Waals surface area contributed by atoms with Gasteiger partial charge in [-0.25, -0.2) is 0 Å². The summed E-state index contributed by atoms with van der Waals surface area (Å²) in [5.41, 5.74) is -0.120. The summed E-state index contributed by atoms with van der Waals surface area (Å²) in [5.74, 6) is 3.29. The Hall–Kier alpha value is -1.03. The molecule has 120 valence electrons. The Morgan fingerprint density at radius 1 is 1.00 bits per heavy atom. The summed E-state index contributed by atoms with van der Waals surface area (Å²) >= 11 is 0. The summed E-state index contributed by atoms with van der Waals surface area (Å²) < 4.78 is 39.1. The third kappa shape index (κ3) is 2.36. The maximum atomic E-state index is 13.0. The van der Waals surface area contributed by atoms with Crippen molar-refractivity contribution < 1.29 is 13.2 Å². The number of hydrogen-bond donors (Lipinski definition) is 1. The van der Waals surface area contributed by atoms with Crippen LogP contribution in [0.3, 0.4) is 0 Å². The van der Waals surface area contributed by atoms with Crippen molar-refractivity contribution in [3.63, 3.8) is 0 Å². The van der Waals surface area contributed by atoms with Crippen LogP contribution in [0.1, 0.15) is 43.2 Å². The third-order valence-electron chi connectivity index (χ3n) is 6.31. The van der Waals surface area contributed by atoms with E-state index >= 15 is 0 Å². The average molecular weight is 309 g/mol. The zero-order valence-corrected chi connectivity index (χ0v) is 12.6. The van der Waals surface area contributed by atoms with E-state index in [-0.39, 0.29) is 0 Å². The topological polar surface area (TPSA) is 12.0 Å². The van der Waals surface area contributed by atoms with Crippen LogP contribution in [0, 0.1) is 23.7 Å². The quantitative estimate of drug-likeness (QED) is 0.859. The van der Waals surface area contributed by atoms with Gasteiger partial charge in [-0.15, -0.1) is 0 Å². The Bertz CT molecular complexity index is 554. The maximum Gasteiger partial charge on any atom is 0.416 e. The summed E-state index contributed by atoms with van der Waals surface area (Å²) in [4.78, 5) is 0. The molecule has 0 aliphatic heterocycles. The third-order valence-corrected chi connectivity index (χ3v) is 6.31. The molecule has 3 aliphatic carbocycles. The standard InChI is InChI=1S/C18H22F3N/c19-18(20,21)16-7-2-1-4-11(16)10-22-17-9-12-8-15(17)14-6-3-5-13(12)14/h1-2,4,7,12-15,17,22H,3,5-6,8-10H2/t12-,13+,14+,15-,17+/m0/s1. The second-order valence-electron chi connectivity index (χ2n) is 7.30. The minimum Gasteiger partial charge on any atom is -0.310 e. The molecule has 4 rings (SSSR count). The van der Waals surface area contributed by atoms with Gasteiger partial charge in [0.15, 0.2) is 0 Å². The Labute approximate surface area is 129 Å². The van der Waals surface area contributed by atoms with Crippen molar-refractivity contribution in [1.82, 2.24) is 5.32 Å². The highest BCUT2D eigenvalue weighted by molar-refractivity contribution is 5.29. The Morgan fingerprint density at radius 3 is 2.59 bits per heavy atom. The second-order valence-corrected chi connectivity index (χ2v) is 7.30. The predicted octanol–water partition coefficient (Wildman–Crippen LogP) is 4.62. The first-order valence-electron chi connectivity index (χ1n) is 8.42. The fourth-order valence-electron chi connectivity index (χ4n) is 5.49. The maximum absolute atomic E-state index is 13.0. The number of benzene rings is 1. The largest absolute Gasteiger partial charge is 0.416 e. The summed E-state index contributed by atoms with van der Waals surface area (Å²) in [5, 5.41) is 3.45. The van der Waals surface area contributed by atoms with Crippen LogP contribution >= 0.6 is 0 Å². The molecular formula is C18H22F3N. The van der Waals surface area contributed by atoms with E-state index in [4.69, 9.17) is 0 Å². The molecule has 3 aliphatic rings. The summed E-state index contributed by atoms with van der Waals surface area (Å²) in [6.07, 6.45) is 2.28. The molecule has 0 spiro atoms. The van der Waals surface area contributed by atoms with Gasteiger partial charge in [0.2, 0.25) is 0 Å². The van der Waals surface area contributed by atoms with Crippen molar-refractivity contribution in [1.29, 1.82) is 0 Å². The SMILES string of the molecule is FC(F)(F)c1ccccc1CN[C@@H]1C[C@@H]2C[C@H]1[C@@H]1CCC[C@H]21. The fourth-order valence-corrected chi connectivity index (χ4v) is 5.49. The fraction of sp³-hybridized carbons (Fsp3) is 0.667. The monoisotopic (exact) mass is 309 g/mol. The number of nitrogens with one attached hydrogen (secondary N) is 1. The molecule has 2 bridgehead atoms. The lowest BCUT2D eigenvalue weighted by atomic mass is 9.79. The molecule has 3 fully saturated rings. The zero-order chi connectivity index (χ0) is 15.3. The van der Waals surface area contributed by atoms with Gasteiger partial charge < -0.3 is 5.32 Å². The van der Waals surface area contributed by atoms with Crippen LogP contribution in [0.5, 0.6) is 0 Å². The van der Waals surface area contributed by atoms with Gasteiger partial charge in [-0.3, -0.25) is 0 Å². The van der Waals surface area contributed by atoms with Crippen LogP contribution in [0.2, 0.25) is 0 Å². The van der Waals surface area contributed by atoms with Crippen LogP contribution in [-0.2, 0) is 12.7 Å². The van der Waals surface area contributed by atoms with Gasteiger partial charge in [0.25, 0.3) is 0 Å². The molecule has 0 heterocycles. The van der Waals surface area contributed by atoms with Crippen molar-refractivity contribution in [3.8, 4) is 0 Å². The van der Waals surface area contributed by atoms with Gasteiger partial charge in [-0.1, -0.05) is 24.6 Å². The molecule has 1 N–H and O–H groups in total. The molecule has 0 radical (unpaired) electrons. The lowest BCUT2D eigenvalue weighted by Gasteiger charge is -2.32. The van der Waals surface area contributed by atoms with E-state index in [2.05, 4.69) is 5.32 Å². The number of alkyl halides is 3. The molecule has 1 nitrogen and oxygen atoms in total. The Kier molecular flexibility index (Phi) is 3.48. The Morgan fingerprint density at radius 2 is 1.77 bits per heavy atom. The van der Waals surface area contributed by atoms with E-state index < -0.39 is 11.7 Å². The molecule has 3 saturated carbocycles. The minimum absolute atomic E-state index is 0.334. The van der Waals surface area contributed by atoms with Crippen LogP contribution < -0.4 is 5.32 Å². The smallest absolute Gasteiger partial charge is 0.310 e. The van der Waals surface area contributed by atoms with E-state index in [1.165, 1.54) is 44.2 Å². The van der Waals surface area contributed by atoms with Crippen molar-refractivity contribution >= 4 is 0 Å². The molecule has 4 heteroatoms. The normalized spacial score (nSPS) is 36.8. The van der Waals surface area contributed by atoms with Crippen LogP contribution in [-0.4, -0.2) is 6.04 Å². The summed E-state index contributed by atoms with van der Waals surface area (Å²) in [7, 11) is 0. The van der Waals surface area contributed by atoms with Crippen molar-refractivity contribution in [2.75, 3.05) is 0 Å². The highest BCUT2D eigenvalue weighted by Gasteiger charge is 2.53. The van der Waals surface area contributed by atoms with E-state index in [0.717, 1.165) is 17.8 Å². The van der Waals surface area contributed by atoms with Crippen LogP contribution in [0.15, 0.2) is 24.3 Å².